The fraction of sp³-hybridized carbons (Fsp3) is 0.500. The molecule has 5 heteroatoms. The van der Waals surface area contributed by atoms with Crippen LogP contribution in [0, 0.1) is 5.92 Å². The van der Waals surface area contributed by atoms with Gasteiger partial charge in [0.25, 0.3) is 5.91 Å². The van der Waals surface area contributed by atoms with Crippen LogP contribution in [0.5, 0.6) is 0 Å². The Balaban J connectivity index is 2.33. The number of rotatable bonds is 1. The molecule has 1 unspecified atom stereocenters. The average molecular weight is 178 g/mol. The number of amidine groups is 2. The molecule has 0 aromatic rings. The van der Waals surface area contributed by atoms with E-state index >= 15 is 0 Å². The van der Waals surface area contributed by atoms with Gasteiger partial charge in [0.1, 0.15) is 12.2 Å². The molecule has 2 aliphatic rings. The second-order valence-electron chi connectivity index (χ2n) is 3.30. The fourth-order valence-electron chi connectivity index (χ4n) is 1.19. The van der Waals surface area contributed by atoms with Gasteiger partial charge in [0.2, 0.25) is 0 Å². The summed E-state index contributed by atoms with van der Waals surface area (Å²) in [4.78, 5) is 23.4. The standard InChI is InChI=1S/C8H10N4O/c1-4(2)6-11-7-5(8(13)12-6)9-3-10-7/h3-5H,1-2H3,(H,9,10,11,12,13). The summed E-state index contributed by atoms with van der Waals surface area (Å²) in [7, 11) is 0. The fourth-order valence-corrected chi connectivity index (χ4v) is 1.19. The van der Waals surface area contributed by atoms with E-state index in [-0.39, 0.29) is 11.8 Å². The van der Waals surface area contributed by atoms with Gasteiger partial charge < -0.3 is 5.32 Å². The van der Waals surface area contributed by atoms with E-state index < -0.39 is 6.04 Å². The van der Waals surface area contributed by atoms with Crippen LogP contribution in [0.2, 0.25) is 0 Å². The van der Waals surface area contributed by atoms with Crippen molar-refractivity contribution in [3.8, 4) is 0 Å². The van der Waals surface area contributed by atoms with Crippen molar-refractivity contribution in [2.45, 2.75) is 19.9 Å². The summed E-state index contributed by atoms with van der Waals surface area (Å²) in [6.07, 6.45) is 1.38. The second-order valence-corrected chi connectivity index (χ2v) is 3.30. The molecule has 0 radical (unpaired) electrons. The van der Waals surface area contributed by atoms with Crippen LogP contribution in [0.1, 0.15) is 13.8 Å². The normalized spacial score (nSPS) is 25.5. The summed E-state index contributed by atoms with van der Waals surface area (Å²) in [5.41, 5.74) is 0. The molecule has 0 spiro atoms. The third kappa shape index (κ3) is 1.26. The zero-order chi connectivity index (χ0) is 9.42. The first-order valence-corrected chi connectivity index (χ1v) is 4.17. The molecule has 0 aromatic heterocycles. The minimum absolute atomic E-state index is 0.133. The maximum atomic E-state index is 11.4. The van der Waals surface area contributed by atoms with E-state index in [9.17, 15) is 4.79 Å². The molecule has 2 rings (SSSR count). The Hall–Kier alpha value is -1.52. The van der Waals surface area contributed by atoms with Crippen LogP contribution in [0.3, 0.4) is 0 Å². The molecule has 0 saturated heterocycles. The molecular formula is C8H10N4O. The minimum atomic E-state index is -0.512. The summed E-state index contributed by atoms with van der Waals surface area (Å²) in [5, 5.41) is 2.70. The third-order valence-corrected chi connectivity index (χ3v) is 1.93. The molecule has 1 atom stereocenters. The quantitative estimate of drug-likeness (QED) is 0.602. The van der Waals surface area contributed by atoms with Gasteiger partial charge in [0.05, 0.1) is 0 Å². The van der Waals surface area contributed by atoms with E-state index in [1.165, 1.54) is 6.34 Å². The molecule has 2 heterocycles. The maximum absolute atomic E-state index is 11.4. The van der Waals surface area contributed by atoms with Crippen molar-refractivity contribution in [1.82, 2.24) is 5.32 Å². The van der Waals surface area contributed by atoms with Gasteiger partial charge in [0, 0.05) is 5.92 Å². The second kappa shape index (κ2) is 2.76. The summed E-state index contributed by atoms with van der Waals surface area (Å²) in [5.74, 6) is 1.25. The zero-order valence-electron chi connectivity index (χ0n) is 7.48. The van der Waals surface area contributed by atoms with Crippen LogP contribution in [-0.2, 0) is 4.79 Å². The van der Waals surface area contributed by atoms with Crippen molar-refractivity contribution in [2.75, 3.05) is 0 Å². The van der Waals surface area contributed by atoms with Crippen LogP contribution in [0.15, 0.2) is 15.0 Å². The molecule has 13 heavy (non-hydrogen) atoms. The van der Waals surface area contributed by atoms with E-state index in [2.05, 4.69) is 20.3 Å². The number of nitrogens with zero attached hydrogens (tertiary/aromatic N) is 3. The van der Waals surface area contributed by atoms with Gasteiger partial charge in [-0.1, -0.05) is 13.8 Å². The van der Waals surface area contributed by atoms with Gasteiger partial charge in [-0.15, -0.1) is 0 Å². The van der Waals surface area contributed by atoms with Crippen molar-refractivity contribution in [1.29, 1.82) is 0 Å². The molecule has 0 fully saturated rings. The lowest BCUT2D eigenvalue weighted by Gasteiger charge is -2.19. The molecule has 68 valence electrons. The van der Waals surface area contributed by atoms with Crippen molar-refractivity contribution in [3.63, 3.8) is 0 Å². The largest absolute Gasteiger partial charge is 0.312 e. The highest BCUT2D eigenvalue weighted by Crippen LogP contribution is 2.10. The predicted octanol–water partition coefficient (Wildman–Crippen LogP) is -0.0203. The molecule has 5 nitrogen and oxygen atoms in total. The first-order valence-electron chi connectivity index (χ1n) is 4.17. The minimum Gasteiger partial charge on any atom is -0.312 e. The first kappa shape index (κ1) is 8.10. The number of fused-ring (bicyclic) bond motifs is 1. The van der Waals surface area contributed by atoms with Crippen molar-refractivity contribution >= 4 is 23.9 Å². The molecule has 1 N–H and O–H groups in total. The number of carbonyl (C=O) groups is 1. The van der Waals surface area contributed by atoms with Gasteiger partial charge >= 0.3 is 0 Å². The van der Waals surface area contributed by atoms with Crippen LogP contribution >= 0.6 is 0 Å². The lowest BCUT2D eigenvalue weighted by molar-refractivity contribution is -0.119. The number of aliphatic imine (C=N–C) groups is 3. The molecule has 1 amide bonds. The number of carbonyl (C=O) groups excluding carboxylic acids is 1. The Bertz CT molecular complexity index is 340. The monoisotopic (exact) mass is 178 g/mol. The summed E-state index contributed by atoms with van der Waals surface area (Å²) < 4.78 is 0. The molecule has 0 aromatic carbocycles. The summed E-state index contributed by atoms with van der Waals surface area (Å²) >= 11 is 0. The first-order chi connectivity index (χ1) is 6.18. The SMILES string of the molecule is CC(C)C1=NC2=NC=NC2C(=O)N1. The highest BCUT2D eigenvalue weighted by molar-refractivity contribution is 6.23. The Kier molecular flexibility index (Phi) is 1.72. The van der Waals surface area contributed by atoms with Crippen LogP contribution in [0.25, 0.3) is 0 Å². The van der Waals surface area contributed by atoms with E-state index in [0.29, 0.717) is 11.7 Å². The van der Waals surface area contributed by atoms with Crippen LogP contribution in [-0.4, -0.2) is 30.0 Å². The van der Waals surface area contributed by atoms with E-state index in [4.69, 9.17) is 0 Å². The van der Waals surface area contributed by atoms with Crippen LogP contribution < -0.4 is 5.32 Å². The molecule has 0 saturated carbocycles. The van der Waals surface area contributed by atoms with E-state index in [0.717, 1.165) is 0 Å². The summed E-state index contributed by atoms with van der Waals surface area (Å²) in [6.45, 7) is 3.94. The van der Waals surface area contributed by atoms with Gasteiger partial charge in [-0.05, 0) is 0 Å². The Morgan fingerprint density at radius 3 is 3.00 bits per heavy atom. The molecular weight excluding hydrogens is 168 g/mol. The molecule has 0 aliphatic carbocycles. The third-order valence-electron chi connectivity index (χ3n) is 1.93. The van der Waals surface area contributed by atoms with E-state index in [1.807, 2.05) is 13.8 Å². The van der Waals surface area contributed by atoms with E-state index in [1.54, 1.807) is 0 Å². The van der Waals surface area contributed by atoms with Crippen LogP contribution in [0.4, 0.5) is 0 Å². The van der Waals surface area contributed by atoms with Gasteiger partial charge in [-0.2, -0.15) is 0 Å². The van der Waals surface area contributed by atoms with Crippen molar-refractivity contribution < 1.29 is 4.79 Å². The number of nitrogens with one attached hydrogen (secondary N) is 1. The number of hydrogen-bond donors (Lipinski definition) is 1. The van der Waals surface area contributed by atoms with Crippen molar-refractivity contribution in [3.05, 3.63) is 0 Å². The number of amides is 1. The number of hydrogen-bond acceptors (Lipinski definition) is 4. The Morgan fingerprint density at radius 2 is 2.31 bits per heavy atom. The zero-order valence-corrected chi connectivity index (χ0v) is 7.48. The predicted molar refractivity (Wildman–Crippen MR) is 50.1 cm³/mol. The average Bonchev–Trinajstić information content (AvgIpc) is 2.51. The molecule has 2 aliphatic heterocycles. The Labute approximate surface area is 75.7 Å². The lowest BCUT2D eigenvalue weighted by atomic mass is 10.1. The summed E-state index contributed by atoms with van der Waals surface area (Å²) in [6, 6.07) is -0.512. The smallest absolute Gasteiger partial charge is 0.258 e. The highest BCUT2D eigenvalue weighted by Gasteiger charge is 2.31. The van der Waals surface area contributed by atoms with Gasteiger partial charge in [0.15, 0.2) is 11.9 Å². The highest BCUT2D eigenvalue weighted by atomic mass is 16.2. The van der Waals surface area contributed by atoms with Gasteiger partial charge in [-0.25, -0.2) is 9.98 Å². The molecule has 0 bridgehead atoms. The van der Waals surface area contributed by atoms with Gasteiger partial charge in [-0.3, -0.25) is 9.79 Å². The Morgan fingerprint density at radius 1 is 1.54 bits per heavy atom. The lowest BCUT2D eigenvalue weighted by Crippen LogP contribution is -2.47. The topological polar surface area (TPSA) is 66.2 Å². The van der Waals surface area contributed by atoms with Crippen molar-refractivity contribution in [2.24, 2.45) is 20.9 Å². The maximum Gasteiger partial charge on any atom is 0.258 e.